The van der Waals surface area contributed by atoms with Crippen molar-refractivity contribution in [2.75, 3.05) is 33.5 Å². The van der Waals surface area contributed by atoms with Crippen molar-refractivity contribution in [3.8, 4) is 11.3 Å². The van der Waals surface area contributed by atoms with E-state index in [1.165, 1.54) is 5.56 Å². The summed E-state index contributed by atoms with van der Waals surface area (Å²) in [5, 5.41) is 1.04. The molecule has 1 saturated heterocycles. The Bertz CT molecular complexity index is 1460. The molecule has 1 aromatic heterocycles. The molecule has 1 atom stereocenters. The number of hydrogen-bond acceptors (Lipinski definition) is 5. The minimum atomic E-state index is -3.70. The first-order valence-electron chi connectivity index (χ1n) is 14.3. The van der Waals surface area contributed by atoms with Gasteiger partial charge in [-0.15, -0.1) is 0 Å². The highest BCUT2D eigenvalue weighted by molar-refractivity contribution is 7.89. The molecule has 40 heavy (non-hydrogen) atoms. The first-order valence-corrected chi connectivity index (χ1v) is 15.8. The highest BCUT2D eigenvalue weighted by atomic mass is 32.2. The fourth-order valence-corrected chi connectivity index (χ4v) is 7.59. The maximum atomic E-state index is 13.4. The third-order valence-electron chi connectivity index (χ3n) is 8.61. The van der Waals surface area contributed by atoms with E-state index in [0.717, 1.165) is 34.1 Å². The van der Waals surface area contributed by atoms with E-state index in [4.69, 9.17) is 9.47 Å². The van der Waals surface area contributed by atoms with Gasteiger partial charge in [0.1, 0.15) is 0 Å². The molecule has 1 N–H and O–H groups in total. The van der Waals surface area contributed by atoms with Crippen molar-refractivity contribution >= 4 is 26.8 Å². The molecule has 216 valence electrons. The van der Waals surface area contributed by atoms with Crippen LogP contribution in [0.25, 0.3) is 22.2 Å². The van der Waals surface area contributed by atoms with Crippen molar-refractivity contribution in [1.29, 1.82) is 0 Å². The number of benzene rings is 2. The van der Waals surface area contributed by atoms with Crippen LogP contribution in [0, 0.1) is 12.8 Å². The van der Waals surface area contributed by atoms with Crippen molar-refractivity contribution in [3.63, 3.8) is 0 Å². The predicted octanol–water partition coefficient (Wildman–Crippen LogP) is 4.43. The second-order valence-corrected chi connectivity index (χ2v) is 13.0. The molecule has 2 aliphatic rings. The molecule has 8 nitrogen and oxygen atoms in total. The maximum absolute atomic E-state index is 13.4. The van der Waals surface area contributed by atoms with Gasteiger partial charge in [-0.1, -0.05) is 30.3 Å². The molecule has 2 heterocycles. The summed E-state index contributed by atoms with van der Waals surface area (Å²) in [6, 6.07) is 13.8. The van der Waals surface area contributed by atoms with Crippen molar-refractivity contribution in [2.45, 2.75) is 62.9 Å². The number of sulfonamides is 1. The summed E-state index contributed by atoms with van der Waals surface area (Å²) in [6.07, 6.45) is 3.57. The first kappa shape index (κ1) is 28.8. The summed E-state index contributed by atoms with van der Waals surface area (Å²) in [4.78, 5) is 15.2. The Kier molecular flexibility index (Phi) is 8.66. The van der Waals surface area contributed by atoms with E-state index in [1.807, 2.05) is 24.9 Å². The van der Waals surface area contributed by atoms with E-state index in [1.54, 1.807) is 19.2 Å². The average molecular weight is 568 g/mol. The smallest absolute Gasteiger partial charge is 0.240 e. The van der Waals surface area contributed by atoms with Crippen LogP contribution in [0.15, 0.2) is 47.4 Å². The van der Waals surface area contributed by atoms with Gasteiger partial charge in [-0.05, 0) is 74.8 Å². The summed E-state index contributed by atoms with van der Waals surface area (Å²) in [5.41, 5.74) is 5.39. The summed E-state index contributed by atoms with van der Waals surface area (Å²) >= 11 is 0. The Morgan fingerprint density at radius 2 is 1.82 bits per heavy atom. The maximum Gasteiger partial charge on any atom is 0.240 e. The highest BCUT2D eigenvalue weighted by Crippen LogP contribution is 2.34. The number of amides is 1. The van der Waals surface area contributed by atoms with Gasteiger partial charge in [0.15, 0.2) is 0 Å². The minimum Gasteiger partial charge on any atom is -0.384 e. The largest absolute Gasteiger partial charge is 0.384 e. The van der Waals surface area contributed by atoms with Crippen LogP contribution in [-0.4, -0.2) is 69.4 Å². The second kappa shape index (κ2) is 12.0. The van der Waals surface area contributed by atoms with Gasteiger partial charge >= 0.3 is 0 Å². The Morgan fingerprint density at radius 1 is 1.10 bits per heavy atom. The molecule has 1 saturated carbocycles. The van der Waals surface area contributed by atoms with Crippen molar-refractivity contribution in [3.05, 3.63) is 53.6 Å². The number of carbonyl (C=O) groups is 1. The van der Waals surface area contributed by atoms with Gasteiger partial charge in [0.25, 0.3) is 0 Å². The predicted molar refractivity (Wildman–Crippen MR) is 157 cm³/mol. The number of nitrogens with one attached hydrogen (secondary N) is 1. The zero-order chi connectivity index (χ0) is 28.4. The highest BCUT2D eigenvalue weighted by Gasteiger charge is 2.34. The summed E-state index contributed by atoms with van der Waals surface area (Å²) in [5.74, 6) is 0.138. The Hall–Kier alpha value is -2.72. The molecule has 1 amide bonds. The van der Waals surface area contributed by atoms with Crippen LogP contribution in [0.4, 0.5) is 0 Å². The van der Waals surface area contributed by atoms with Gasteiger partial charge in [-0.3, -0.25) is 4.79 Å². The van der Waals surface area contributed by atoms with E-state index in [0.29, 0.717) is 52.0 Å². The molecule has 1 aliphatic heterocycles. The Labute approximate surface area is 237 Å². The Balaban J connectivity index is 1.28. The molecule has 9 heteroatoms. The van der Waals surface area contributed by atoms with Crippen LogP contribution in [0.5, 0.6) is 0 Å². The van der Waals surface area contributed by atoms with Gasteiger partial charge in [0.2, 0.25) is 15.9 Å². The molecule has 2 fully saturated rings. The van der Waals surface area contributed by atoms with Crippen molar-refractivity contribution in [1.82, 2.24) is 14.2 Å². The van der Waals surface area contributed by atoms with Crippen LogP contribution in [0.2, 0.25) is 0 Å². The number of nitrogens with zero attached hydrogens (tertiary/aromatic N) is 2. The first-order chi connectivity index (χ1) is 19.2. The quantitative estimate of drug-likeness (QED) is 0.435. The Morgan fingerprint density at radius 3 is 2.50 bits per heavy atom. The molecule has 0 radical (unpaired) electrons. The molecular weight excluding hydrogens is 526 g/mol. The zero-order valence-electron chi connectivity index (χ0n) is 24.0. The van der Waals surface area contributed by atoms with Gasteiger partial charge in [0.05, 0.1) is 36.5 Å². The molecule has 1 aliphatic carbocycles. The van der Waals surface area contributed by atoms with Crippen LogP contribution >= 0.6 is 0 Å². The fourth-order valence-electron chi connectivity index (χ4n) is 6.27. The lowest BCUT2D eigenvalue weighted by Gasteiger charge is -2.37. The normalized spacial score (nSPS) is 22.1. The van der Waals surface area contributed by atoms with Gasteiger partial charge < -0.3 is 18.9 Å². The van der Waals surface area contributed by atoms with E-state index >= 15 is 0 Å². The van der Waals surface area contributed by atoms with Crippen LogP contribution in [-0.2, 0) is 37.8 Å². The van der Waals surface area contributed by atoms with Crippen LogP contribution in [0.3, 0.4) is 0 Å². The molecule has 0 unspecified atom stereocenters. The second-order valence-electron chi connectivity index (χ2n) is 11.3. The number of rotatable bonds is 8. The fraction of sp³-hybridized carbons (Fsp3) is 0.516. The van der Waals surface area contributed by atoms with E-state index in [9.17, 15) is 13.2 Å². The number of aryl methyl sites for hydroxylation is 2. The number of ether oxygens (including phenoxy) is 2. The number of hydrogen-bond donors (Lipinski definition) is 1. The molecule has 2 aromatic carbocycles. The number of carbonyl (C=O) groups excluding carboxylic acids is 1. The summed E-state index contributed by atoms with van der Waals surface area (Å²) < 4.78 is 42.5. The number of methoxy groups -OCH3 is 1. The third-order valence-corrected chi connectivity index (χ3v) is 10.1. The van der Waals surface area contributed by atoms with E-state index in [-0.39, 0.29) is 28.8 Å². The van der Waals surface area contributed by atoms with Gasteiger partial charge in [0, 0.05) is 43.6 Å². The van der Waals surface area contributed by atoms with Gasteiger partial charge in [-0.25, -0.2) is 13.1 Å². The molecular formula is C31H41N3O5S. The lowest BCUT2D eigenvalue weighted by atomic mass is 9.85. The SMILES string of the molecule is COCCc1ccc(-c2c(C)c3ccc(S(=O)(=O)NC4CCC(C(=O)N5CCOC[C@@H]5C)CC4)cc3n2C)cc1. The monoisotopic (exact) mass is 567 g/mol. The van der Waals surface area contributed by atoms with Crippen molar-refractivity contribution < 1.29 is 22.7 Å². The lowest BCUT2D eigenvalue weighted by Crippen LogP contribution is -2.50. The summed E-state index contributed by atoms with van der Waals surface area (Å²) in [7, 11) is -0.0115. The average Bonchev–Trinajstić information content (AvgIpc) is 3.21. The number of morpholine rings is 1. The third kappa shape index (κ3) is 5.84. The molecule has 5 rings (SSSR count). The molecule has 0 bridgehead atoms. The molecule has 0 spiro atoms. The lowest BCUT2D eigenvalue weighted by molar-refractivity contribution is -0.144. The number of aromatic nitrogens is 1. The summed E-state index contributed by atoms with van der Waals surface area (Å²) in [6.45, 7) is 6.58. The van der Waals surface area contributed by atoms with Crippen molar-refractivity contribution in [2.24, 2.45) is 13.0 Å². The van der Waals surface area contributed by atoms with E-state index in [2.05, 4.69) is 40.5 Å². The number of fused-ring (bicyclic) bond motifs is 1. The van der Waals surface area contributed by atoms with Crippen LogP contribution in [0.1, 0.15) is 43.7 Å². The van der Waals surface area contributed by atoms with Crippen LogP contribution < -0.4 is 4.72 Å². The standard InChI is InChI=1S/C31H41N3O5S/c1-21-20-39-18-16-34(21)31(35)25-9-11-26(12-10-25)32-40(36,37)27-13-14-28-22(2)30(33(3)29(28)19-27)24-7-5-23(6-8-24)15-17-38-4/h5-8,13-14,19,21,25-26,32H,9-12,15-18,20H2,1-4H3/t21-,25?,26?/m0/s1. The zero-order valence-corrected chi connectivity index (χ0v) is 24.8. The minimum absolute atomic E-state index is 0.0449. The van der Waals surface area contributed by atoms with Gasteiger partial charge in [-0.2, -0.15) is 0 Å². The van der Waals surface area contributed by atoms with E-state index < -0.39 is 10.0 Å². The topological polar surface area (TPSA) is 89.9 Å². The molecule has 3 aromatic rings.